The smallest absolute Gasteiger partial charge is 0.332 e. The van der Waals surface area contributed by atoms with Crippen molar-refractivity contribution in [3.63, 3.8) is 0 Å². The van der Waals surface area contributed by atoms with Crippen molar-refractivity contribution in [2.45, 2.75) is 6.54 Å². The molecule has 0 spiro atoms. The van der Waals surface area contributed by atoms with Crippen LogP contribution in [0, 0.1) is 5.82 Å². The highest BCUT2D eigenvalue weighted by Crippen LogP contribution is 2.10. The lowest BCUT2D eigenvalue weighted by molar-refractivity contribution is -0.145. The van der Waals surface area contributed by atoms with Gasteiger partial charge in [0.05, 0.1) is 6.33 Å². The second-order valence-corrected chi connectivity index (χ2v) is 5.77. The molecule has 10 heteroatoms. The number of nitrogens with zero attached hydrogens (tertiary/aromatic N) is 4. The molecule has 2 heterocycles. The number of benzene rings is 1. The van der Waals surface area contributed by atoms with Crippen molar-refractivity contribution in [1.82, 2.24) is 18.7 Å². The van der Waals surface area contributed by atoms with Gasteiger partial charge in [-0.05, 0) is 24.3 Å². The van der Waals surface area contributed by atoms with Crippen molar-refractivity contribution >= 4 is 17.1 Å². The van der Waals surface area contributed by atoms with E-state index in [0.29, 0.717) is 5.75 Å². The first-order valence-electron chi connectivity index (χ1n) is 8.03. The van der Waals surface area contributed by atoms with Crippen LogP contribution < -0.4 is 16.0 Å². The molecule has 0 amide bonds. The Hall–Kier alpha value is -3.43. The zero-order chi connectivity index (χ0) is 19.6. The fraction of sp³-hybridized carbons (Fsp3) is 0.294. The minimum atomic E-state index is -0.590. The van der Waals surface area contributed by atoms with Gasteiger partial charge in [0.1, 0.15) is 31.3 Å². The Labute approximate surface area is 152 Å². The number of ether oxygens (including phenoxy) is 2. The fourth-order valence-electron chi connectivity index (χ4n) is 2.55. The lowest BCUT2D eigenvalue weighted by Crippen LogP contribution is -2.37. The average Bonchev–Trinajstić information content (AvgIpc) is 3.07. The summed E-state index contributed by atoms with van der Waals surface area (Å²) in [5.74, 6) is -0.504. The van der Waals surface area contributed by atoms with Crippen LogP contribution in [0.15, 0.2) is 40.2 Å². The number of hydrogen-bond donors (Lipinski definition) is 0. The Balaban J connectivity index is 1.62. The summed E-state index contributed by atoms with van der Waals surface area (Å²) in [7, 11) is 2.85. The highest BCUT2D eigenvalue weighted by molar-refractivity contribution is 5.75. The van der Waals surface area contributed by atoms with Crippen LogP contribution in [0.5, 0.6) is 5.75 Å². The summed E-state index contributed by atoms with van der Waals surface area (Å²) in [6.45, 7) is -0.155. The molecule has 2 aromatic heterocycles. The van der Waals surface area contributed by atoms with E-state index in [1.807, 2.05) is 0 Å². The van der Waals surface area contributed by atoms with E-state index in [9.17, 15) is 18.8 Å². The quantitative estimate of drug-likeness (QED) is 0.450. The predicted octanol–water partition coefficient (Wildman–Crippen LogP) is 0.195. The van der Waals surface area contributed by atoms with Gasteiger partial charge >= 0.3 is 11.7 Å². The van der Waals surface area contributed by atoms with Crippen LogP contribution in [0.3, 0.4) is 0 Å². The Morgan fingerprint density at radius 2 is 1.81 bits per heavy atom. The summed E-state index contributed by atoms with van der Waals surface area (Å²) in [5, 5.41) is 0. The van der Waals surface area contributed by atoms with E-state index >= 15 is 0 Å². The minimum absolute atomic E-state index is 0.0145. The number of carbonyl (C=O) groups is 1. The first-order valence-corrected chi connectivity index (χ1v) is 8.03. The molecule has 3 aromatic rings. The van der Waals surface area contributed by atoms with Gasteiger partial charge in [0.15, 0.2) is 11.2 Å². The molecule has 0 aliphatic rings. The molecule has 0 aliphatic carbocycles. The first-order chi connectivity index (χ1) is 12.9. The molecular formula is C17H17FN4O5. The lowest BCUT2D eigenvalue weighted by atomic mass is 10.3. The summed E-state index contributed by atoms with van der Waals surface area (Å²) >= 11 is 0. The number of imidazole rings is 1. The number of rotatable bonds is 6. The Morgan fingerprint density at radius 3 is 2.52 bits per heavy atom. The SMILES string of the molecule is Cn1c(=O)c2c(ncn2CC(=O)OCCOc2ccc(F)cc2)n(C)c1=O. The van der Waals surface area contributed by atoms with Gasteiger partial charge in [0.25, 0.3) is 5.56 Å². The molecule has 0 N–H and O–H groups in total. The highest BCUT2D eigenvalue weighted by Gasteiger charge is 2.16. The van der Waals surface area contributed by atoms with Crippen LogP contribution in [0.4, 0.5) is 4.39 Å². The van der Waals surface area contributed by atoms with Crippen LogP contribution >= 0.6 is 0 Å². The molecule has 142 valence electrons. The molecule has 0 saturated heterocycles. The Bertz CT molecular complexity index is 1100. The van der Waals surface area contributed by atoms with E-state index in [-0.39, 0.29) is 36.7 Å². The van der Waals surface area contributed by atoms with E-state index < -0.39 is 17.2 Å². The summed E-state index contributed by atoms with van der Waals surface area (Å²) in [4.78, 5) is 40.2. The van der Waals surface area contributed by atoms with Crippen molar-refractivity contribution < 1.29 is 18.7 Å². The number of esters is 1. The van der Waals surface area contributed by atoms with Gasteiger partial charge in [0.2, 0.25) is 0 Å². The third-order valence-corrected chi connectivity index (χ3v) is 3.95. The van der Waals surface area contributed by atoms with Crippen LogP contribution in [-0.2, 0) is 30.2 Å². The molecule has 9 nitrogen and oxygen atoms in total. The lowest BCUT2D eigenvalue weighted by Gasteiger charge is -2.08. The Morgan fingerprint density at radius 1 is 1.11 bits per heavy atom. The second-order valence-electron chi connectivity index (χ2n) is 5.77. The normalized spacial score (nSPS) is 10.9. The minimum Gasteiger partial charge on any atom is -0.490 e. The maximum absolute atomic E-state index is 12.8. The van der Waals surface area contributed by atoms with Crippen molar-refractivity contribution in [1.29, 1.82) is 0 Å². The molecule has 27 heavy (non-hydrogen) atoms. The van der Waals surface area contributed by atoms with E-state index in [2.05, 4.69) is 4.98 Å². The summed E-state index contributed by atoms with van der Waals surface area (Å²) in [6, 6.07) is 5.46. The van der Waals surface area contributed by atoms with Crippen LogP contribution in [0.1, 0.15) is 0 Å². The number of carbonyl (C=O) groups excluding carboxylic acids is 1. The van der Waals surface area contributed by atoms with E-state index in [0.717, 1.165) is 4.57 Å². The predicted molar refractivity (Wildman–Crippen MR) is 93.1 cm³/mol. The molecule has 0 bridgehead atoms. The van der Waals surface area contributed by atoms with Crippen molar-refractivity contribution in [2.24, 2.45) is 14.1 Å². The van der Waals surface area contributed by atoms with Gasteiger partial charge in [-0.3, -0.25) is 18.7 Å². The first kappa shape index (κ1) is 18.4. The number of aromatic nitrogens is 4. The summed E-state index contributed by atoms with van der Waals surface area (Å²) in [5.41, 5.74) is -0.717. The van der Waals surface area contributed by atoms with E-state index in [1.54, 1.807) is 0 Å². The molecule has 0 unspecified atom stereocenters. The fourth-order valence-corrected chi connectivity index (χ4v) is 2.55. The van der Waals surface area contributed by atoms with Crippen molar-refractivity contribution in [3.05, 3.63) is 57.2 Å². The van der Waals surface area contributed by atoms with Gasteiger partial charge in [-0.15, -0.1) is 0 Å². The molecule has 1 aromatic carbocycles. The van der Waals surface area contributed by atoms with Gasteiger partial charge in [-0.2, -0.15) is 0 Å². The zero-order valence-electron chi connectivity index (χ0n) is 14.7. The average molecular weight is 376 g/mol. The van der Waals surface area contributed by atoms with Crippen LogP contribution in [0.2, 0.25) is 0 Å². The third-order valence-electron chi connectivity index (χ3n) is 3.95. The van der Waals surface area contributed by atoms with E-state index in [1.165, 1.54) is 53.8 Å². The molecule has 3 rings (SSSR count). The molecule has 0 fully saturated rings. The zero-order valence-corrected chi connectivity index (χ0v) is 14.7. The van der Waals surface area contributed by atoms with Gasteiger partial charge < -0.3 is 14.0 Å². The third kappa shape index (κ3) is 3.73. The van der Waals surface area contributed by atoms with Crippen molar-refractivity contribution in [2.75, 3.05) is 13.2 Å². The largest absolute Gasteiger partial charge is 0.490 e. The standard InChI is InChI=1S/C17H17FN4O5/c1-20-15-14(16(24)21(2)17(20)25)22(10-19-15)9-13(23)27-8-7-26-12-5-3-11(18)4-6-12/h3-6,10H,7-9H2,1-2H3. The number of fused-ring (bicyclic) bond motifs is 1. The molecule has 0 radical (unpaired) electrons. The Kier molecular flexibility index (Phi) is 5.06. The monoisotopic (exact) mass is 376 g/mol. The van der Waals surface area contributed by atoms with Crippen molar-refractivity contribution in [3.8, 4) is 5.75 Å². The van der Waals surface area contributed by atoms with Crippen LogP contribution in [0.25, 0.3) is 11.2 Å². The highest BCUT2D eigenvalue weighted by atomic mass is 19.1. The van der Waals surface area contributed by atoms with Crippen LogP contribution in [-0.4, -0.2) is 37.9 Å². The van der Waals surface area contributed by atoms with Gasteiger partial charge in [0, 0.05) is 14.1 Å². The van der Waals surface area contributed by atoms with Gasteiger partial charge in [-0.25, -0.2) is 14.2 Å². The molecule has 0 atom stereocenters. The number of aryl methyl sites for hydroxylation is 1. The summed E-state index contributed by atoms with van der Waals surface area (Å²) < 4.78 is 26.7. The number of hydrogen-bond acceptors (Lipinski definition) is 6. The maximum atomic E-state index is 12.8. The topological polar surface area (TPSA) is 97.3 Å². The number of halogens is 1. The van der Waals surface area contributed by atoms with Gasteiger partial charge in [-0.1, -0.05) is 0 Å². The van der Waals surface area contributed by atoms with E-state index in [4.69, 9.17) is 9.47 Å². The summed E-state index contributed by atoms with van der Waals surface area (Å²) in [6.07, 6.45) is 1.31. The molecule has 0 saturated carbocycles. The second kappa shape index (κ2) is 7.44. The maximum Gasteiger partial charge on any atom is 0.332 e. The molecule has 0 aliphatic heterocycles. The molecular weight excluding hydrogens is 359 g/mol.